The van der Waals surface area contributed by atoms with Gasteiger partial charge in [0.1, 0.15) is 0 Å². The van der Waals surface area contributed by atoms with Crippen LogP contribution in [0.15, 0.2) is 18.3 Å². The van der Waals surface area contributed by atoms with Crippen LogP contribution in [0.4, 0.5) is 0 Å². The van der Waals surface area contributed by atoms with Crippen LogP contribution in [0.25, 0.3) is 0 Å². The Hall–Kier alpha value is -1.03. The number of carbonyl (C=O) groups is 1. The van der Waals surface area contributed by atoms with Gasteiger partial charge in [-0.1, -0.05) is 6.92 Å². The van der Waals surface area contributed by atoms with Crippen LogP contribution in [-0.4, -0.2) is 40.4 Å². The van der Waals surface area contributed by atoms with E-state index in [1.165, 1.54) is 0 Å². The van der Waals surface area contributed by atoms with Gasteiger partial charge in [0.05, 0.1) is 5.56 Å². The summed E-state index contributed by atoms with van der Waals surface area (Å²) < 4.78 is 0. The predicted molar refractivity (Wildman–Crippen MR) is 78.1 cm³/mol. The lowest BCUT2D eigenvalue weighted by atomic mass is 10.1. The Kier molecular flexibility index (Phi) is 6.19. The van der Waals surface area contributed by atoms with E-state index in [-0.39, 0.29) is 11.9 Å². The number of thioether (sulfide) groups is 1. The van der Waals surface area contributed by atoms with E-state index in [1.54, 1.807) is 6.20 Å². The summed E-state index contributed by atoms with van der Waals surface area (Å²) in [6, 6.07) is 3.91. The predicted octanol–water partition coefficient (Wildman–Crippen LogP) is 2.99. The van der Waals surface area contributed by atoms with Gasteiger partial charge < -0.3 is 4.90 Å². The van der Waals surface area contributed by atoms with Gasteiger partial charge in [-0.25, -0.2) is 0 Å². The third-order valence-corrected chi connectivity index (χ3v) is 4.04. The molecule has 0 saturated heterocycles. The molecule has 3 nitrogen and oxygen atoms in total. The SMILES string of the molecule is CCSCC[C@@H](C)N(C)C(=O)c1cccnc1C. The third-order valence-electron chi connectivity index (χ3n) is 3.10. The van der Waals surface area contributed by atoms with E-state index in [2.05, 4.69) is 18.8 Å². The second-order valence-electron chi connectivity index (χ2n) is 4.39. The Balaban J connectivity index is 2.63. The minimum Gasteiger partial charge on any atom is -0.339 e. The van der Waals surface area contributed by atoms with Gasteiger partial charge in [0.15, 0.2) is 0 Å². The molecular weight excluding hydrogens is 244 g/mol. The highest BCUT2D eigenvalue weighted by Gasteiger charge is 2.18. The summed E-state index contributed by atoms with van der Waals surface area (Å²) in [5.41, 5.74) is 1.50. The molecule has 0 aliphatic rings. The van der Waals surface area contributed by atoms with E-state index in [0.717, 1.165) is 23.6 Å². The molecule has 0 spiro atoms. The van der Waals surface area contributed by atoms with E-state index in [0.29, 0.717) is 5.56 Å². The third kappa shape index (κ3) is 4.02. The molecule has 4 heteroatoms. The molecular formula is C14H22N2OS. The first-order chi connectivity index (χ1) is 8.57. The normalized spacial score (nSPS) is 12.2. The molecule has 1 aromatic rings. The van der Waals surface area contributed by atoms with Crippen molar-refractivity contribution in [3.05, 3.63) is 29.6 Å². The number of nitrogens with zero attached hydrogens (tertiary/aromatic N) is 2. The van der Waals surface area contributed by atoms with Crippen molar-refractivity contribution in [2.45, 2.75) is 33.2 Å². The van der Waals surface area contributed by atoms with Crippen LogP contribution in [0, 0.1) is 6.92 Å². The molecule has 18 heavy (non-hydrogen) atoms. The van der Waals surface area contributed by atoms with E-state index in [9.17, 15) is 4.79 Å². The molecule has 1 aromatic heterocycles. The Morgan fingerprint density at radius 3 is 2.89 bits per heavy atom. The first kappa shape index (κ1) is 15.0. The van der Waals surface area contributed by atoms with Crippen LogP contribution in [0.5, 0.6) is 0 Å². The number of rotatable bonds is 6. The van der Waals surface area contributed by atoms with Gasteiger partial charge in [-0.05, 0) is 43.9 Å². The van der Waals surface area contributed by atoms with Crippen LogP contribution < -0.4 is 0 Å². The molecule has 1 atom stereocenters. The van der Waals surface area contributed by atoms with Gasteiger partial charge in [0.2, 0.25) is 0 Å². The molecule has 0 radical (unpaired) electrons. The zero-order chi connectivity index (χ0) is 13.5. The summed E-state index contributed by atoms with van der Waals surface area (Å²) in [6.45, 7) is 6.13. The molecule has 0 fully saturated rings. The lowest BCUT2D eigenvalue weighted by Gasteiger charge is -2.25. The zero-order valence-electron chi connectivity index (χ0n) is 11.6. The van der Waals surface area contributed by atoms with Gasteiger partial charge in [0, 0.05) is 25.0 Å². The lowest BCUT2D eigenvalue weighted by molar-refractivity contribution is 0.0740. The second-order valence-corrected chi connectivity index (χ2v) is 5.78. The van der Waals surface area contributed by atoms with Crippen LogP contribution in [0.2, 0.25) is 0 Å². The van der Waals surface area contributed by atoms with Crippen molar-refractivity contribution >= 4 is 17.7 Å². The van der Waals surface area contributed by atoms with Gasteiger partial charge >= 0.3 is 0 Å². The molecule has 1 rings (SSSR count). The molecule has 0 saturated carbocycles. The smallest absolute Gasteiger partial charge is 0.255 e. The minimum atomic E-state index is 0.0644. The number of hydrogen-bond donors (Lipinski definition) is 0. The van der Waals surface area contributed by atoms with Crippen LogP contribution >= 0.6 is 11.8 Å². The van der Waals surface area contributed by atoms with Gasteiger partial charge in [-0.3, -0.25) is 9.78 Å². The summed E-state index contributed by atoms with van der Waals surface area (Å²) in [7, 11) is 1.87. The Morgan fingerprint density at radius 2 is 2.28 bits per heavy atom. The lowest BCUT2D eigenvalue weighted by Crippen LogP contribution is -2.35. The first-order valence-corrected chi connectivity index (χ1v) is 7.50. The Bertz CT molecular complexity index is 395. The summed E-state index contributed by atoms with van der Waals surface area (Å²) >= 11 is 1.91. The maximum absolute atomic E-state index is 12.3. The average molecular weight is 266 g/mol. The summed E-state index contributed by atoms with van der Waals surface area (Å²) in [6.07, 6.45) is 2.74. The highest BCUT2D eigenvalue weighted by molar-refractivity contribution is 7.99. The Morgan fingerprint density at radius 1 is 1.56 bits per heavy atom. The molecule has 0 N–H and O–H groups in total. The van der Waals surface area contributed by atoms with E-state index in [1.807, 2.05) is 42.8 Å². The van der Waals surface area contributed by atoms with Gasteiger partial charge in [-0.15, -0.1) is 0 Å². The summed E-state index contributed by atoms with van der Waals surface area (Å²) in [5, 5.41) is 0. The summed E-state index contributed by atoms with van der Waals surface area (Å²) in [4.78, 5) is 18.3. The monoisotopic (exact) mass is 266 g/mol. The average Bonchev–Trinajstić information content (AvgIpc) is 2.38. The largest absolute Gasteiger partial charge is 0.339 e. The number of aryl methyl sites for hydroxylation is 1. The highest BCUT2D eigenvalue weighted by atomic mass is 32.2. The van der Waals surface area contributed by atoms with Crippen LogP contribution in [0.1, 0.15) is 36.3 Å². The first-order valence-electron chi connectivity index (χ1n) is 6.34. The van der Waals surface area contributed by atoms with Crippen molar-refractivity contribution in [3.63, 3.8) is 0 Å². The number of carbonyl (C=O) groups excluding carboxylic acids is 1. The van der Waals surface area contributed by atoms with E-state index in [4.69, 9.17) is 0 Å². The zero-order valence-corrected chi connectivity index (χ0v) is 12.5. The van der Waals surface area contributed by atoms with Crippen molar-refractivity contribution in [2.24, 2.45) is 0 Å². The number of hydrogen-bond acceptors (Lipinski definition) is 3. The fourth-order valence-corrected chi connectivity index (χ4v) is 2.49. The molecule has 0 unspecified atom stereocenters. The van der Waals surface area contributed by atoms with E-state index < -0.39 is 0 Å². The molecule has 0 aliphatic heterocycles. The second kappa shape index (κ2) is 7.41. The van der Waals surface area contributed by atoms with Crippen molar-refractivity contribution < 1.29 is 4.79 Å². The number of aromatic nitrogens is 1. The quantitative estimate of drug-likeness (QED) is 0.742. The molecule has 1 heterocycles. The van der Waals surface area contributed by atoms with Crippen molar-refractivity contribution in [1.29, 1.82) is 0 Å². The molecule has 0 bridgehead atoms. The number of amides is 1. The molecule has 1 amide bonds. The number of pyridine rings is 1. The van der Waals surface area contributed by atoms with Crippen molar-refractivity contribution in [2.75, 3.05) is 18.6 Å². The fraction of sp³-hybridized carbons (Fsp3) is 0.571. The van der Waals surface area contributed by atoms with Gasteiger partial charge in [0.25, 0.3) is 5.91 Å². The molecule has 0 aliphatic carbocycles. The Labute approximate surface area is 114 Å². The topological polar surface area (TPSA) is 33.2 Å². The maximum atomic E-state index is 12.3. The summed E-state index contributed by atoms with van der Waals surface area (Å²) in [5.74, 6) is 2.29. The standard InChI is InChI=1S/C14H22N2OS/c1-5-18-10-8-11(2)16(4)14(17)13-7-6-9-15-12(13)3/h6-7,9,11H,5,8,10H2,1-4H3/t11-/m1/s1. The van der Waals surface area contributed by atoms with Crippen molar-refractivity contribution in [3.8, 4) is 0 Å². The highest BCUT2D eigenvalue weighted by Crippen LogP contribution is 2.13. The minimum absolute atomic E-state index is 0.0644. The molecule has 100 valence electrons. The fourth-order valence-electron chi connectivity index (χ4n) is 1.69. The molecule has 0 aromatic carbocycles. The van der Waals surface area contributed by atoms with Crippen molar-refractivity contribution in [1.82, 2.24) is 9.88 Å². The van der Waals surface area contributed by atoms with Crippen LogP contribution in [0.3, 0.4) is 0 Å². The van der Waals surface area contributed by atoms with E-state index >= 15 is 0 Å². The maximum Gasteiger partial charge on any atom is 0.255 e. The van der Waals surface area contributed by atoms with Crippen LogP contribution in [-0.2, 0) is 0 Å². The van der Waals surface area contributed by atoms with Gasteiger partial charge in [-0.2, -0.15) is 11.8 Å².